The number of nitriles is 1. The molecule has 0 amide bonds. The van der Waals surface area contributed by atoms with E-state index in [0.29, 0.717) is 17.0 Å². The van der Waals surface area contributed by atoms with E-state index in [4.69, 9.17) is 5.26 Å². The third-order valence-electron chi connectivity index (χ3n) is 3.11. The molecule has 0 aliphatic carbocycles. The zero-order valence-corrected chi connectivity index (χ0v) is 10.6. The highest BCUT2D eigenvalue weighted by Crippen LogP contribution is 2.27. The van der Waals surface area contributed by atoms with Crippen LogP contribution in [0.2, 0.25) is 0 Å². The average Bonchev–Trinajstić information content (AvgIpc) is 2.77. The van der Waals surface area contributed by atoms with Crippen LogP contribution in [0.1, 0.15) is 17.1 Å². The van der Waals surface area contributed by atoms with Crippen molar-refractivity contribution in [3.63, 3.8) is 0 Å². The number of fused-ring (bicyclic) bond motifs is 1. The van der Waals surface area contributed by atoms with Crippen LogP contribution in [0.4, 0.5) is 0 Å². The molecule has 0 bridgehead atoms. The first-order valence-electron chi connectivity index (χ1n) is 5.90. The van der Waals surface area contributed by atoms with Crippen molar-refractivity contribution in [3.05, 3.63) is 47.4 Å². The highest BCUT2D eigenvalue weighted by molar-refractivity contribution is 5.79. The first kappa shape index (κ1) is 11.4. The van der Waals surface area contributed by atoms with Gasteiger partial charge < -0.3 is 0 Å². The first-order valence-corrected chi connectivity index (χ1v) is 5.90. The number of aromatic nitrogens is 4. The van der Waals surface area contributed by atoms with Crippen LogP contribution >= 0.6 is 0 Å². The number of nitrogens with zero attached hydrogens (tertiary/aromatic N) is 5. The molecule has 1 aromatic carbocycles. The Bertz CT molecular complexity index is 796. The molecule has 19 heavy (non-hydrogen) atoms. The monoisotopic (exact) mass is 249 g/mol. The van der Waals surface area contributed by atoms with Crippen LogP contribution in [-0.2, 0) is 0 Å². The van der Waals surface area contributed by atoms with E-state index in [9.17, 15) is 0 Å². The molecule has 0 saturated heterocycles. The van der Waals surface area contributed by atoms with Crippen molar-refractivity contribution in [1.82, 2.24) is 19.8 Å². The minimum Gasteiger partial charge on any atom is -0.214 e. The maximum absolute atomic E-state index is 8.98. The molecule has 0 radical (unpaired) electrons. The normalized spacial score (nSPS) is 10.6. The van der Waals surface area contributed by atoms with Crippen LogP contribution in [0.3, 0.4) is 0 Å². The Morgan fingerprint density at radius 2 is 1.84 bits per heavy atom. The van der Waals surface area contributed by atoms with Crippen LogP contribution in [0.25, 0.3) is 16.8 Å². The lowest BCUT2D eigenvalue weighted by Gasteiger charge is -2.01. The lowest BCUT2D eigenvalue weighted by molar-refractivity contribution is 0.829. The highest BCUT2D eigenvalue weighted by Gasteiger charge is 2.16. The van der Waals surface area contributed by atoms with Crippen LogP contribution in [0, 0.1) is 25.2 Å². The summed E-state index contributed by atoms with van der Waals surface area (Å²) in [6, 6.07) is 12.0. The number of hydrogen-bond acceptors (Lipinski definition) is 4. The van der Waals surface area contributed by atoms with E-state index in [1.165, 1.54) is 0 Å². The van der Waals surface area contributed by atoms with Gasteiger partial charge in [0.2, 0.25) is 0 Å². The first-order chi connectivity index (χ1) is 9.22. The Morgan fingerprint density at radius 1 is 1.11 bits per heavy atom. The molecule has 0 aliphatic rings. The van der Waals surface area contributed by atoms with Crippen molar-refractivity contribution < 1.29 is 0 Å². The fraction of sp³-hybridized carbons (Fsp3) is 0.143. The molecule has 0 aliphatic heterocycles. The second-order valence-corrected chi connectivity index (χ2v) is 4.31. The molecule has 2 aromatic heterocycles. The number of benzene rings is 1. The smallest absolute Gasteiger partial charge is 0.185 e. The van der Waals surface area contributed by atoms with E-state index in [2.05, 4.69) is 15.3 Å². The number of hydrogen-bond donors (Lipinski definition) is 0. The van der Waals surface area contributed by atoms with Crippen molar-refractivity contribution in [1.29, 1.82) is 5.26 Å². The SMILES string of the molecule is Cc1nn2c(C)c(C#N)nnc2c1-c1ccccc1. The largest absolute Gasteiger partial charge is 0.214 e. The fourth-order valence-electron chi connectivity index (χ4n) is 2.16. The Hall–Kier alpha value is -2.74. The lowest BCUT2D eigenvalue weighted by atomic mass is 10.1. The number of rotatable bonds is 1. The molecular weight excluding hydrogens is 238 g/mol. The van der Waals surface area contributed by atoms with Gasteiger partial charge >= 0.3 is 0 Å². The van der Waals surface area contributed by atoms with Crippen LogP contribution < -0.4 is 0 Å². The van der Waals surface area contributed by atoms with Gasteiger partial charge in [-0.15, -0.1) is 10.2 Å². The molecular formula is C14H11N5. The van der Waals surface area contributed by atoms with Crippen molar-refractivity contribution in [2.24, 2.45) is 0 Å². The predicted octanol–water partition coefficient (Wildman–Crippen LogP) is 2.28. The van der Waals surface area contributed by atoms with Gasteiger partial charge in [-0.05, 0) is 19.4 Å². The summed E-state index contributed by atoms with van der Waals surface area (Å²) in [4.78, 5) is 0. The molecule has 92 valence electrons. The van der Waals surface area contributed by atoms with Crippen LogP contribution in [0.15, 0.2) is 30.3 Å². The highest BCUT2D eigenvalue weighted by atomic mass is 15.3. The summed E-state index contributed by atoms with van der Waals surface area (Å²) in [6.45, 7) is 3.75. The van der Waals surface area contributed by atoms with Gasteiger partial charge in [0.1, 0.15) is 6.07 Å². The summed E-state index contributed by atoms with van der Waals surface area (Å²) in [5, 5.41) is 21.5. The molecule has 3 rings (SSSR count). The van der Waals surface area contributed by atoms with Gasteiger partial charge in [-0.25, -0.2) is 4.52 Å². The third kappa shape index (κ3) is 1.66. The van der Waals surface area contributed by atoms with Gasteiger partial charge in [-0.2, -0.15) is 10.4 Å². The molecule has 0 spiro atoms. The summed E-state index contributed by atoms with van der Waals surface area (Å²) in [5.74, 6) is 0. The second kappa shape index (κ2) is 4.18. The Labute approximate surface area is 110 Å². The lowest BCUT2D eigenvalue weighted by Crippen LogP contribution is -2.02. The molecule has 2 heterocycles. The summed E-state index contributed by atoms with van der Waals surface area (Å²) in [5.41, 5.74) is 4.57. The van der Waals surface area contributed by atoms with Crippen molar-refractivity contribution in [3.8, 4) is 17.2 Å². The Morgan fingerprint density at radius 3 is 2.53 bits per heavy atom. The van der Waals surface area contributed by atoms with Crippen molar-refractivity contribution in [2.75, 3.05) is 0 Å². The van der Waals surface area contributed by atoms with Crippen molar-refractivity contribution >= 4 is 5.65 Å². The second-order valence-electron chi connectivity index (χ2n) is 4.31. The van der Waals surface area contributed by atoms with Gasteiger partial charge in [-0.1, -0.05) is 30.3 Å². The standard InChI is InChI=1S/C14H11N5/c1-9-13(11-6-4-3-5-7-11)14-17-16-12(8-15)10(2)19(14)18-9/h3-7H,1-2H3. The summed E-state index contributed by atoms with van der Waals surface area (Å²) in [7, 11) is 0. The maximum Gasteiger partial charge on any atom is 0.185 e. The summed E-state index contributed by atoms with van der Waals surface area (Å²) < 4.78 is 1.68. The number of aryl methyl sites for hydroxylation is 2. The van der Waals surface area contributed by atoms with Gasteiger partial charge in [0.05, 0.1) is 17.0 Å². The minimum atomic E-state index is 0.301. The summed E-state index contributed by atoms with van der Waals surface area (Å²) >= 11 is 0. The van der Waals surface area contributed by atoms with E-state index in [1.54, 1.807) is 4.52 Å². The minimum absolute atomic E-state index is 0.301. The Balaban J connectivity index is 2.37. The summed E-state index contributed by atoms with van der Waals surface area (Å²) in [6.07, 6.45) is 0. The quantitative estimate of drug-likeness (QED) is 0.663. The molecule has 0 fully saturated rings. The molecule has 0 atom stereocenters. The van der Waals surface area contributed by atoms with Crippen LogP contribution in [0.5, 0.6) is 0 Å². The van der Waals surface area contributed by atoms with Gasteiger partial charge in [0, 0.05) is 0 Å². The molecule has 5 heteroatoms. The maximum atomic E-state index is 8.98. The van der Waals surface area contributed by atoms with E-state index < -0.39 is 0 Å². The van der Waals surface area contributed by atoms with Gasteiger partial charge in [0.15, 0.2) is 11.3 Å². The topological polar surface area (TPSA) is 66.9 Å². The van der Waals surface area contributed by atoms with E-state index in [-0.39, 0.29) is 0 Å². The predicted molar refractivity (Wildman–Crippen MR) is 70.4 cm³/mol. The fourth-order valence-corrected chi connectivity index (χ4v) is 2.16. The van der Waals surface area contributed by atoms with Gasteiger partial charge in [-0.3, -0.25) is 0 Å². The molecule has 0 saturated carbocycles. The average molecular weight is 249 g/mol. The molecule has 5 nitrogen and oxygen atoms in total. The van der Waals surface area contributed by atoms with Crippen molar-refractivity contribution in [2.45, 2.75) is 13.8 Å². The van der Waals surface area contributed by atoms with E-state index in [0.717, 1.165) is 16.8 Å². The van der Waals surface area contributed by atoms with E-state index >= 15 is 0 Å². The Kier molecular flexibility index (Phi) is 2.50. The molecule has 3 aromatic rings. The molecule has 0 N–H and O–H groups in total. The van der Waals surface area contributed by atoms with E-state index in [1.807, 2.05) is 50.2 Å². The molecule has 0 unspecified atom stereocenters. The van der Waals surface area contributed by atoms with Crippen LogP contribution in [-0.4, -0.2) is 19.8 Å². The zero-order valence-electron chi connectivity index (χ0n) is 10.6. The van der Waals surface area contributed by atoms with Gasteiger partial charge in [0.25, 0.3) is 0 Å². The zero-order chi connectivity index (χ0) is 13.4. The third-order valence-corrected chi connectivity index (χ3v) is 3.11.